The molecule has 0 saturated carbocycles. The highest BCUT2D eigenvalue weighted by Gasteiger charge is 2.41. The molecule has 2 heterocycles. The third kappa shape index (κ3) is 3.47. The van der Waals surface area contributed by atoms with Crippen LogP contribution in [-0.4, -0.2) is 22.8 Å². The van der Waals surface area contributed by atoms with Crippen LogP contribution in [0.4, 0.5) is 5.69 Å². The van der Waals surface area contributed by atoms with Gasteiger partial charge < -0.3 is 9.47 Å². The van der Waals surface area contributed by atoms with Crippen molar-refractivity contribution in [2.24, 2.45) is 5.10 Å². The van der Waals surface area contributed by atoms with Gasteiger partial charge in [0.05, 0.1) is 23.8 Å². The maximum absolute atomic E-state index is 11.3. The third-order valence-electron chi connectivity index (χ3n) is 5.52. The lowest BCUT2D eigenvalue weighted by molar-refractivity contribution is -0.385. The van der Waals surface area contributed by atoms with Crippen molar-refractivity contribution in [1.29, 1.82) is 0 Å². The Morgan fingerprint density at radius 2 is 2.00 bits per heavy atom. The molecule has 0 unspecified atom stereocenters. The van der Waals surface area contributed by atoms with Gasteiger partial charge in [-0.05, 0) is 30.3 Å². The highest BCUT2D eigenvalue weighted by atomic mass is 35.5. The van der Waals surface area contributed by atoms with Crippen LogP contribution in [0.3, 0.4) is 0 Å². The van der Waals surface area contributed by atoms with Crippen LogP contribution in [0, 0.1) is 10.1 Å². The van der Waals surface area contributed by atoms with Crippen molar-refractivity contribution >= 4 is 23.0 Å². The van der Waals surface area contributed by atoms with E-state index in [9.17, 15) is 10.1 Å². The topological polar surface area (TPSA) is 77.2 Å². The highest BCUT2D eigenvalue weighted by molar-refractivity contribution is 6.30. The van der Waals surface area contributed by atoms with Crippen LogP contribution in [-0.2, 0) is 0 Å². The first kappa shape index (κ1) is 19.4. The van der Waals surface area contributed by atoms with E-state index in [1.807, 2.05) is 47.5 Å². The van der Waals surface area contributed by atoms with Gasteiger partial charge in [0.1, 0.15) is 11.5 Å². The molecule has 7 nitrogen and oxygen atoms in total. The Kier molecular flexibility index (Phi) is 4.75. The van der Waals surface area contributed by atoms with Gasteiger partial charge in [-0.1, -0.05) is 35.9 Å². The third-order valence-corrected chi connectivity index (χ3v) is 5.76. The number of fused-ring (bicyclic) bond motifs is 3. The number of nitrogens with zero attached hydrogens (tertiary/aromatic N) is 3. The molecule has 3 aromatic carbocycles. The van der Waals surface area contributed by atoms with Gasteiger partial charge in [0.25, 0.3) is 5.69 Å². The molecule has 31 heavy (non-hydrogen) atoms. The van der Waals surface area contributed by atoms with Gasteiger partial charge in [0, 0.05) is 40.3 Å². The first-order valence-corrected chi connectivity index (χ1v) is 10.1. The van der Waals surface area contributed by atoms with Crippen LogP contribution in [0.2, 0.25) is 5.02 Å². The van der Waals surface area contributed by atoms with Crippen molar-refractivity contribution in [3.63, 3.8) is 0 Å². The molecule has 2 atom stereocenters. The fourth-order valence-corrected chi connectivity index (χ4v) is 4.23. The minimum Gasteiger partial charge on any atom is -0.497 e. The smallest absolute Gasteiger partial charge is 0.269 e. The van der Waals surface area contributed by atoms with Crippen molar-refractivity contribution in [2.45, 2.75) is 18.7 Å². The van der Waals surface area contributed by atoms with Crippen LogP contribution >= 0.6 is 11.6 Å². The molecule has 2 aliphatic rings. The van der Waals surface area contributed by atoms with E-state index >= 15 is 0 Å². The number of benzene rings is 3. The Hall–Kier alpha value is -3.58. The lowest BCUT2D eigenvalue weighted by Gasteiger charge is -2.38. The summed E-state index contributed by atoms with van der Waals surface area (Å²) < 4.78 is 11.6. The number of halogens is 1. The van der Waals surface area contributed by atoms with Gasteiger partial charge in [-0.25, -0.2) is 5.01 Å². The number of methoxy groups -OCH3 is 1. The van der Waals surface area contributed by atoms with E-state index in [2.05, 4.69) is 0 Å². The molecule has 0 aromatic heterocycles. The van der Waals surface area contributed by atoms with Crippen LogP contribution in [0.5, 0.6) is 11.5 Å². The van der Waals surface area contributed by atoms with Crippen molar-refractivity contribution < 1.29 is 14.4 Å². The van der Waals surface area contributed by atoms with Gasteiger partial charge in [0.15, 0.2) is 0 Å². The summed E-state index contributed by atoms with van der Waals surface area (Å²) in [4.78, 5) is 10.9. The molecule has 0 spiro atoms. The maximum Gasteiger partial charge on any atom is 0.269 e. The fraction of sp³-hybridized carbons (Fsp3) is 0.174. The standard InChI is InChI=1S/C23H18ClN3O4/c1-30-18-7-3-4-14(11-18)20-13-21-19-12-16(24)8-9-22(19)31-23(26(21)25-20)15-5-2-6-17(10-15)27(28)29/h2-12,21,23H,13H2,1H3/t21-,23-/m0/s1. The number of hydrogen-bond donors (Lipinski definition) is 0. The average Bonchev–Trinajstić information content (AvgIpc) is 3.24. The Morgan fingerprint density at radius 1 is 1.16 bits per heavy atom. The number of non-ortho nitro benzene ring substituents is 1. The fourth-order valence-electron chi connectivity index (χ4n) is 4.05. The summed E-state index contributed by atoms with van der Waals surface area (Å²) in [7, 11) is 1.63. The SMILES string of the molecule is COc1cccc(C2=NN3[C@@H](C2)c2cc(Cl)ccc2O[C@H]3c2cccc([N+](=O)[O-])c2)c1. The van der Waals surface area contributed by atoms with Crippen molar-refractivity contribution in [3.05, 3.63) is 98.6 Å². The van der Waals surface area contributed by atoms with Gasteiger partial charge in [-0.2, -0.15) is 5.10 Å². The van der Waals surface area contributed by atoms with Crippen LogP contribution in [0.15, 0.2) is 71.8 Å². The quantitative estimate of drug-likeness (QED) is 0.399. The molecular weight excluding hydrogens is 418 g/mol. The number of ether oxygens (including phenoxy) is 2. The van der Waals surface area contributed by atoms with Gasteiger partial charge in [0.2, 0.25) is 6.23 Å². The van der Waals surface area contributed by atoms with Crippen LogP contribution < -0.4 is 9.47 Å². The monoisotopic (exact) mass is 435 g/mol. The first-order valence-electron chi connectivity index (χ1n) is 9.74. The summed E-state index contributed by atoms with van der Waals surface area (Å²) in [5, 5.41) is 18.7. The van der Waals surface area contributed by atoms with E-state index in [1.165, 1.54) is 12.1 Å². The molecule has 8 heteroatoms. The molecule has 0 bridgehead atoms. The number of hydrogen-bond acceptors (Lipinski definition) is 6. The van der Waals surface area contributed by atoms with Gasteiger partial charge in [-0.15, -0.1) is 0 Å². The van der Waals surface area contributed by atoms with Gasteiger partial charge >= 0.3 is 0 Å². The molecule has 0 fully saturated rings. The summed E-state index contributed by atoms with van der Waals surface area (Å²) in [5.41, 5.74) is 3.45. The van der Waals surface area contributed by atoms with Crippen molar-refractivity contribution in [2.75, 3.05) is 7.11 Å². The molecular formula is C23H18ClN3O4. The molecule has 0 saturated heterocycles. The molecule has 0 N–H and O–H groups in total. The molecule has 0 amide bonds. The first-order chi connectivity index (χ1) is 15.0. The molecule has 2 aliphatic heterocycles. The van der Waals surface area contributed by atoms with Crippen molar-refractivity contribution in [1.82, 2.24) is 5.01 Å². The van der Waals surface area contributed by atoms with E-state index in [4.69, 9.17) is 26.2 Å². The van der Waals surface area contributed by atoms with Crippen LogP contribution in [0.1, 0.15) is 35.4 Å². The normalized spacial score (nSPS) is 19.2. The number of rotatable bonds is 4. The summed E-state index contributed by atoms with van der Waals surface area (Å²) in [6.45, 7) is 0. The molecule has 5 rings (SSSR count). The highest BCUT2D eigenvalue weighted by Crippen LogP contribution is 2.48. The summed E-state index contributed by atoms with van der Waals surface area (Å²) in [5.74, 6) is 1.45. The average molecular weight is 436 g/mol. The lowest BCUT2D eigenvalue weighted by atomic mass is 9.96. The maximum atomic E-state index is 11.3. The molecule has 156 valence electrons. The minimum absolute atomic E-state index is 0.00995. The number of hydrazone groups is 1. The zero-order valence-corrected chi connectivity index (χ0v) is 17.3. The van der Waals surface area contributed by atoms with E-state index in [0.29, 0.717) is 22.8 Å². The predicted molar refractivity (Wildman–Crippen MR) is 117 cm³/mol. The van der Waals surface area contributed by atoms with Crippen molar-refractivity contribution in [3.8, 4) is 11.5 Å². The minimum atomic E-state index is -0.596. The Morgan fingerprint density at radius 3 is 2.81 bits per heavy atom. The summed E-state index contributed by atoms with van der Waals surface area (Å²) in [6, 6.07) is 19.6. The van der Waals surface area contributed by atoms with E-state index in [1.54, 1.807) is 19.2 Å². The zero-order chi connectivity index (χ0) is 21.5. The largest absolute Gasteiger partial charge is 0.497 e. The molecule has 0 radical (unpaired) electrons. The van der Waals surface area contributed by atoms with E-state index < -0.39 is 11.2 Å². The Balaban J connectivity index is 1.60. The van der Waals surface area contributed by atoms with Crippen LogP contribution in [0.25, 0.3) is 0 Å². The zero-order valence-electron chi connectivity index (χ0n) is 16.6. The van der Waals surface area contributed by atoms with E-state index in [-0.39, 0.29) is 11.7 Å². The lowest BCUT2D eigenvalue weighted by Crippen LogP contribution is -2.33. The predicted octanol–water partition coefficient (Wildman–Crippen LogP) is 5.50. The molecule has 3 aromatic rings. The second-order valence-electron chi connectivity index (χ2n) is 7.38. The summed E-state index contributed by atoms with van der Waals surface area (Å²) in [6.07, 6.45) is 0.0524. The second-order valence-corrected chi connectivity index (χ2v) is 7.82. The Bertz CT molecular complexity index is 1210. The summed E-state index contributed by atoms with van der Waals surface area (Å²) >= 11 is 6.27. The van der Waals surface area contributed by atoms with E-state index in [0.717, 1.165) is 22.6 Å². The number of nitro groups is 1. The second kappa shape index (κ2) is 7.59. The van der Waals surface area contributed by atoms with Gasteiger partial charge in [-0.3, -0.25) is 10.1 Å². The molecule has 0 aliphatic carbocycles. The number of nitro benzene ring substituents is 1. The Labute approximate surface area is 183 Å².